The van der Waals surface area contributed by atoms with Gasteiger partial charge in [-0.1, -0.05) is 32.9 Å². The molecule has 0 N–H and O–H groups in total. The average molecular weight is 447 g/mol. The normalized spacial score (nSPS) is 10.8. The molecule has 0 spiro atoms. The Bertz CT molecular complexity index is 836. The molecular formula is C24H34N2O4S. The molecule has 0 aliphatic carbocycles. The van der Waals surface area contributed by atoms with Crippen molar-refractivity contribution in [3.05, 3.63) is 46.2 Å². The number of nitrogens with zero attached hydrogens (tertiary/aromatic N) is 2. The minimum absolute atomic E-state index is 0.0196. The van der Waals surface area contributed by atoms with Gasteiger partial charge in [-0.25, -0.2) is 0 Å². The molecule has 2 amide bonds. The SMILES string of the molecule is CCCN(CC(=O)N(CCc1ccc(OC)c(OC)c1)Cc1cccs1)C(=O)C(C)C. The van der Waals surface area contributed by atoms with E-state index in [0.717, 1.165) is 16.9 Å². The van der Waals surface area contributed by atoms with E-state index in [-0.39, 0.29) is 24.3 Å². The summed E-state index contributed by atoms with van der Waals surface area (Å²) in [5.41, 5.74) is 1.06. The molecule has 0 bridgehead atoms. The third kappa shape index (κ3) is 7.28. The van der Waals surface area contributed by atoms with E-state index in [1.807, 2.05) is 61.4 Å². The second kappa shape index (κ2) is 12.3. The molecule has 0 saturated heterocycles. The first kappa shape index (κ1) is 24.7. The zero-order valence-corrected chi connectivity index (χ0v) is 20.0. The van der Waals surface area contributed by atoms with Gasteiger partial charge in [-0.05, 0) is 42.0 Å². The fourth-order valence-corrected chi connectivity index (χ4v) is 4.07. The van der Waals surface area contributed by atoms with Gasteiger partial charge in [0.05, 0.1) is 27.3 Å². The Morgan fingerprint density at radius 3 is 2.35 bits per heavy atom. The summed E-state index contributed by atoms with van der Waals surface area (Å²) < 4.78 is 10.7. The number of ether oxygens (including phenoxy) is 2. The van der Waals surface area contributed by atoms with Gasteiger partial charge in [0.2, 0.25) is 11.8 Å². The Kier molecular flexibility index (Phi) is 9.85. The molecule has 1 aromatic carbocycles. The molecule has 2 rings (SSSR count). The van der Waals surface area contributed by atoms with Crippen molar-refractivity contribution in [1.29, 1.82) is 0 Å². The predicted octanol–water partition coefficient (Wildman–Crippen LogP) is 4.23. The van der Waals surface area contributed by atoms with Crippen LogP contribution in [0.2, 0.25) is 0 Å². The topological polar surface area (TPSA) is 59.1 Å². The summed E-state index contributed by atoms with van der Waals surface area (Å²) in [6.45, 7) is 7.56. The molecule has 7 heteroatoms. The second-order valence-corrected chi connectivity index (χ2v) is 8.78. The van der Waals surface area contributed by atoms with Gasteiger partial charge in [0.25, 0.3) is 0 Å². The largest absolute Gasteiger partial charge is 0.493 e. The van der Waals surface area contributed by atoms with Gasteiger partial charge >= 0.3 is 0 Å². The van der Waals surface area contributed by atoms with Crippen LogP contribution in [0.25, 0.3) is 0 Å². The standard InChI is InChI=1S/C24H34N2O4S/c1-6-12-26(24(28)18(2)3)17-23(27)25(16-20-8-7-14-31-20)13-11-19-9-10-21(29-4)22(15-19)30-5/h7-10,14-15,18H,6,11-13,16-17H2,1-5H3. The molecule has 0 unspecified atom stereocenters. The highest BCUT2D eigenvalue weighted by atomic mass is 32.1. The lowest BCUT2D eigenvalue weighted by molar-refractivity contribution is -0.142. The van der Waals surface area contributed by atoms with Gasteiger partial charge in [0.15, 0.2) is 11.5 Å². The van der Waals surface area contributed by atoms with Crippen LogP contribution in [0.15, 0.2) is 35.7 Å². The van der Waals surface area contributed by atoms with Crippen LogP contribution >= 0.6 is 11.3 Å². The van der Waals surface area contributed by atoms with Gasteiger partial charge in [0.1, 0.15) is 0 Å². The molecule has 1 heterocycles. The minimum atomic E-state index is -0.128. The molecule has 0 aliphatic heterocycles. The van der Waals surface area contributed by atoms with Crippen molar-refractivity contribution in [1.82, 2.24) is 9.80 Å². The molecule has 0 atom stereocenters. The van der Waals surface area contributed by atoms with Gasteiger partial charge in [-0.15, -0.1) is 11.3 Å². The van der Waals surface area contributed by atoms with Crippen molar-refractivity contribution in [2.45, 2.75) is 40.2 Å². The summed E-state index contributed by atoms with van der Waals surface area (Å²) in [6, 6.07) is 9.83. The Hall–Kier alpha value is -2.54. The van der Waals surface area contributed by atoms with Crippen LogP contribution in [0.5, 0.6) is 11.5 Å². The molecule has 0 radical (unpaired) electrons. The second-order valence-electron chi connectivity index (χ2n) is 7.75. The fraction of sp³-hybridized carbons (Fsp3) is 0.500. The maximum atomic E-state index is 13.2. The predicted molar refractivity (Wildman–Crippen MR) is 125 cm³/mol. The number of hydrogen-bond donors (Lipinski definition) is 0. The summed E-state index contributed by atoms with van der Waals surface area (Å²) in [4.78, 5) is 30.4. The Morgan fingerprint density at radius 1 is 1.03 bits per heavy atom. The summed E-state index contributed by atoms with van der Waals surface area (Å²) >= 11 is 1.63. The molecule has 0 aliphatic rings. The molecule has 2 aromatic rings. The number of amides is 2. The highest BCUT2D eigenvalue weighted by Crippen LogP contribution is 2.28. The van der Waals surface area contributed by atoms with E-state index in [4.69, 9.17) is 9.47 Å². The smallest absolute Gasteiger partial charge is 0.242 e. The van der Waals surface area contributed by atoms with Crippen LogP contribution in [-0.2, 0) is 22.6 Å². The van der Waals surface area contributed by atoms with E-state index < -0.39 is 0 Å². The van der Waals surface area contributed by atoms with E-state index in [1.165, 1.54) is 0 Å². The van der Waals surface area contributed by atoms with Crippen LogP contribution in [0, 0.1) is 5.92 Å². The average Bonchev–Trinajstić information content (AvgIpc) is 3.28. The monoisotopic (exact) mass is 446 g/mol. The number of carbonyl (C=O) groups is 2. The summed E-state index contributed by atoms with van der Waals surface area (Å²) in [5, 5.41) is 2.01. The van der Waals surface area contributed by atoms with Gasteiger partial charge in [-0.2, -0.15) is 0 Å². The maximum absolute atomic E-state index is 13.2. The lowest BCUT2D eigenvalue weighted by Gasteiger charge is -2.28. The lowest BCUT2D eigenvalue weighted by atomic mass is 10.1. The molecule has 1 aromatic heterocycles. The Balaban J connectivity index is 2.14. The zero-order chi connectivity index (χ0) is 22.8. The van der Waals surface area contributed by atoms with Crippen LogP contribution in [0.4, 0.5) is 0 Å². The zero-order valence-electron chi connectivity index (χ0n) is 19.2. The summed E-state index contributed by atoms with van der Waals surface area (Å²) in [5.74, 6) is 1.22. The summed E-state index contributed by atoms with van der Waals surface area (Å²) in [6.07, 6.45) is 1.51. The van der Waals surface area contributed by atoms with E-state index in [9.17, 15) is 9.59 Å². The highest BCUT2D eigenvalue weighted by molar-refractivity contribution is 7.09. The highest BCUT2D eigenvalue weighted by Gasteiger charge is 2.23. The molecule has 0 fully saturated rings. The molecular weight excluding hydrogens is 412 g/mol. The fourth-order valence-electron chi connectivity index (χ4n) is 3.35. The number of carbonyl (C=O) groups excluding carboxylic acids is 2. The summed E-state index contributed by atoms with van der Waals surface area (Å²) in [7, 11) is 3.22. The van der Waals surface area contributed by atoms with Crippen LogP contribution in [0.1, 0.15) is 37.6 Å². The van der Waals surface area contributed by atoms with Crippen LogP contribution in [-0.4, -0.2) is 55.5 Å². The van der Waals surface area contributed by atoms with Gasteiger partial charge in [-0.3, -0.25) is 9.59 Å². The first-order chi connectivity index (χ1) is 14.9. The van der Waals surface area contributed by atoms with Crippen LogP contribution in [0.3, 0.4) is 0 Å². The Morgan fingerprint density at radius 2 is 1.77 bits per heavy atom. The van der Waals surface area contributed by atoms with Crippen molar-refractivity contribution >= 4 is 23.2 Å². The van der Waals surface area contributed by atoms with Crippen molar-refractivity contribution in [3.8, 4) is 11.5 Å². The van der Waals surface area contributed by atoms with Gasteiger partial charge < -0.3 is 19.3 Å². The number of rotatable bonds is 12. The van der Waals surface area contributed by atoms with E-state index in [0.29, 0.717) is 37.6 Å². The van der Waals surface area contributed by atoms with E-state index in [2.05, 4.69) is 0 Å². The number of thiophene rings is 1. The van der Waals surface area contributed by atoms with E-state index >= 15 is 0 Å². The number of hydrogen-bond acceptors (Lipinski definition) is 5. The van der Waals surface area contributed by atoms with Crippen molar-refractivity contribution in [2.75, 3.05) is 33.9 Å². The third-order valence-corrected chi connectivity index (χ3v) is 5.88. The first-order valence-electron chi connectivity index (χ1n) is 10.7. The van der Waals surface area contributed by atoms with Crippen molar-refractivity contribution in [3.63, 3.8) is 0 Å². The number of methoxy groups -OCH3 is 2. The van der Waals surface area contributed by atoms with Crippen molar-refractivity contribution < 1.29 is 19.1 Å². The quantitative estimate of drug-likeness (QED) is 0.490. The first-order valence-corrected chi connectivity index (χ1v) is 11.6. The van der Waals surface area contributed by atoms with Crippen molar-refractivity contribution in [2.24, 2.45) is 5.92 Å². The van der Waals surface area contributed by atoms with Gasteiger partial charge in [0, 0.05) is 23.9 Å². The lowest BCUT2D eigenvalue weighted by Crippen LogP contribution is -2.44. The Labute approximate surface area is 189 Å². The minimum Gasteiger partial charge on any atom is -0.493 e. The molecule has 0 saturated carbocycles. The molecule has 31 heavy (non-hydrogen) atoms. The molecule has 6 nitrogen and oxygen atoms in total. The maximum Gasteiger partial charge on any atom is 0.242 e. The van der Waals surface area contributed by atoms with E-state index in [1.54, 1.807) is 30.5 Å². The van der Waals surface area contributed by atoms with Crippen LogP contribution < -0.4 is 9.47 Å². The number of benzene rings is 1. The third-order valence-electron chi connectivity index (χ3n) is 5.02. The molecule has 170 valence electrons.